The third-order valence-corrected chi connectivity index (χ3v) is 9.12. The van der Waals surface area contributed by atoms with Crippen LogP contribution in [0.15, 0.2) is 85.2 Å². The Morgan fingerprint density at radius 3 is 2.46 bits per heavy atom. The molecule has 1 saturated heterocycles. The largest absolute Gasteiger partial charge is 0.496 e. The number of β-amino-alcohol motifs (C(OH)–C–C–N with tert-alkyl or cyclic N) is 1. The van der Waals surface area contributed by atoms with Gasteiger partial charge in [-0.15, -0.1) is 0 Å². The van der Waals surface area contributed by atoms with Crippen molar-refractivity contribution in [2.75, 3.05) is 27.7 Å². The Morgan fingerprint density at radius 2 is 1.67 bits per heavy atom. The molecular weight excluding hydrogens is 582 g/mol. The summed E-state index contributed by atoms with van der Waals surface area (Å²) < 4.78 is 7.39. The van der Waals surface area contributed by atoms with Gasteiger partial charge < -0.3 is 34.1 Å². The Morgan fingerprint density at radius 1 is 0.978 bits per heavy atom. The van der Waals surface area contributed by atoms with Gasteiger partial charge in [-0.2, -0.15) is 0 Å². The van der Waals surface area contributed by atoms with Crippen molar-refractivity contribution in [3.8, 4) is 5.75 Å². The summed E-state index contributed by atoms with van der Waals surface area (Å²) in [5.41, 5.74) is 4.04. The van der Waals surface area contributed by atoms with E-state index in [0.29, 0.717) is 11.3 Å². The number of fused-ring (bicyclic) bond motifs is 2. The van der Waals surface area contributed by atoms with E-state index in [1.165, 1.54) is 9.80 Å². The average molecular weight is 622 g/mol. The zero-order valence-corrected chi connectivity index (χ0v) is 26.5. The molecule has 2 aromatic heterocycles. The lowest BCUT2D eigenvalue weighted by molar-refractivity contribution is -0.146. The van der Waals surface area contributed by atoms with Crippen molar-refractivity contribution < 1.29 is 24.2 Å². The topological polar surface area (TPSA) is 111 Å². The van der Waals surface area contributed by atoms with Crippen molar-refractivity contribution in [3.63, 3.8) is 0 Å². The van der Waals surface area contributed by atoms with Gasteiger partial charge in [-0.3, -0.25) is 14.4 Å². The molecule has 0 saturated carbocycles. The third kappa shape index (κ3) is 5.72. The average Bonchev–Trinajstić information content (AvgIpc) is 3.77. The SMILES string of the molecule is COc1ccccc1CN(C)C(=O)C(Cc1c[nH]c2ccccc12)N(C)C(=O)C1CC(O)CN1C(=O)c1cn(C)c2ccccc12. The smallest absolute Gasteiger partial charge is 0.256 e. The number of likely N-dealkylation sites (N-methyl/N-ethyl adjacent to an activating group) is 2. The number of methoxy groups -OCH3 is 1. The molecule has 3 unspecified atom stereocenters. The van der Waals surface area contributed by atoms with Gasteiger partial charge in [0.2, 0.25) is 11.8 Å². The summed E-state index contributed by atoms with van der Waals surface area (Å²) >= 11 is 0. The van der Waals surface area contributed by atoms with Crippen LogP contribution in [-0.4, -0.2) is 93.0 Å². The molecule has 2 N–H and O–H groups in total. The van der Waals surface area contributed by atoms with E-state index in [2.05, 4.69) is 4.98 Å². The summed E-state index contributed by atoms with van der Waals surface area (Å²) in [7, 11) is 6.79. The highest BCUT2D eigenvalue weighted by atomic mass is 16.5. The first-order valence-electron chi connectivity index (χ1n) is 15.4. The number of amides is 3. The number of nitrogens with one attached hydrogen (secondary N) is 1. The molecule has 0 bridgehead atoms. The van der Waals surface area contributed by atoms with Gasteiger partial charge in [0.1, 0.15) is 17.8 Å². The van der Waals surface area contributed by atoms with Gasteiger partial charge >= 0.3 is 0 Å². The first-order valence-corrected chi connectivity index (χ1v) is 15.4. The van der Waals surface area contributed by atoms with Gasteiger partial charge in [0.25, 0.3) is 5.91 Å². The number of likely N-dealkylation sites (tertiary alicyclic amines) is 1. The van der Waals surface area contributed by atoms with E-state index in [0.717, 1.165) is 32.9 Å². The number of hydrogen-bond acceptors (Lipinski definition) is 5. The molecule has 1 fully saturated rings. The fraction of sp³-hybridized carbons (Fsp3) is 0.306. The first kappa shape index (κ1) is 30.9. The van der Waals surface area contributed by atoms with Gasteiger partial charge in [0.05, 0.1) is 18.8 Å². The van der Waals surface area contributed by atoms with Gasteiger partial charge in [-0.05, 0) is 23.8 Å². The number of aryl methyl sites for hydroxylation is 1. The van der Waals surface area contributed by atoms with E-state index in [-0.39, 0.29) is 37.7 Å². The van der Waals surface area contributed by atoms with Crippen LogP contribution in [0, 0.1) is 0 Å². The number of aromatic nitrogens is 2. The number of aliphatic hydroxyl groups excluding tert-OH is 1. The van der Waals surface area contributed by atoms with Gasteiger partial charge in [0.15, 0.2) is 0 Å². The second-order valence-corrected chi connectivity index (χ2v) is 12.1. The first-order chi connectivity index (χ1) is 22.2. The molecular formula is C36H39N5O5. The standard InChI is InChI=1S/C36H39N5O5/c1-38-22-28(27-13-7-9-15-30(27)38)34(43)41-21-25(42)18-32(41)36(45)40(3)31(17-24-19-37-29-14-8-6-12-26(24)29)35(44)39(2)20-23-11-5-10-16-33(23)46-4/h5-16,19,22,25,31-32,37,42H,17-18,20-21H2,1-4H3. The maximum atomic E-state index is 14.3. The Bertz CT molecular complexity index is 1910. The quantitative estimate of drug-likeness (QED) is 0.259. The lowest BCUT2D eigenvalue weighted by atomic mass is 10.0. The molecule has 10 heteroatoms. The van der Waals surface area contributed by atoms with E-state index in [4.69, 9.17) is 4.74 Å². The molecule has 238 valence electrons. The van der Waals surface area contributed by atoms with Crippen LogP contribution in [0.5, 0.6) is 5.75 Å². The summed E-state index contributed by atoms with van der Waals surface area (Å²) in [6.45, 7) is 0.310. The molecule has 3 atom stereocenters. The fourth-order valence-electron chi connectivity index (χ4n) is 6.65. The van der Waals surface area contributed by atoms with Crippen molar-refractivity contribution in [1.82, 2.24) is 24.3 Å². The predicted octanol–water partition coefficient (Wildman–Crippen LogP) is 3.97. The molecule has 10 nitrogen and oxygen atoms in total. The highest BCUT2D eigenvalue weighted by Crippen LogP contribution is 2.29. The van der Waals surface area contributed by atoms with E-state index in [9.17, 15) is 19.5 Å². The van der Waals surface area contributed by atoms with Crippen LogP contribution in [0.2, 0.25) is 0 Å². The molecule has 46 heavy (non-hydrogen) atoms. The van der Waals surface area contributed by atoms with Crippen molar-refractivity contribution in [1.29, 1.82) is 0 Å². The van der Waals surface area contributed by atoms with Crippen molar-refractivity contribution >= 4 is 39.5 Å². The monoisotopic (exact) mass is 621 g/mol. The molecule has 3 heterocycles. The second kappa shape index (κ2) is 12.7. The van der Waals surface area contributed by atoms with Gasteiger partial charge in [0, 0.05) is 86.8 Å². The van der Waals surface area contributed by atoms with E-state index >= 15 is 0 Å². The maximum Gasteiger partial charge on any atom is 0.256 e. The number of nitrogens with zero attached hydrogens (tertiary/aromatic N) is 4. The zero-order chi connectivity index (χ0) is 32.5. The molecule has 0 spiro atoms. The Hall–Kier alpha value is -5.09. The van der Waals surface area contributed by atoms with Crippen LogP contribution in [0.3, 0.4) is 0 Å². The highest BCUT2D eigenvalue weighted by Gasteiger charge is 2.43. The van der Waals surface area contributed by atoms with Crippen LogP contribution in [0.1, 0.15) is 27.9 Å². The van der Waals surface area contributed by atoms with Gasteiger partial charge in [-0.25, -0.2) is 0 Å². The molecule has 3 aromatic carbocycles. The fourth-order valence-corrected chi connectivity index (χ4v) is 6.65. The zero-order valence-electron chi connectivity index (χ0n) is 26.5. The maximum absolute atomic E-state index is 14.3. The van der Waals surface area contributed by atoms with E-state index in [1.807, 2.05) is 90.6 Å². The number of carbonyl (C=O) groups excluding carboxylic acids is 3. The minimum atomic E-state index is -0.927. The normalized spacial score (nSPS) is 16.9. The van der Waals surface area contributed by atoms with Crippen molar-refractivity contribution in [2.45, 2.75) is 37.6 Å². The minimum Gasteiger partial charge on any atom is -0.496 e. The number of hydrogen-bond donors (Lipinski definition) is 2. The van der Waals surface area contributed by atoms with E-state index < -0.39 is 24.1 Å². The van der Waals surface area contributed by atoms with Crippen LogP contribution >= 0.6 is 0 Å². The van der Waals surface area contributed by atoms with Crippen LogP contribution in [0.4, 0.5) is 0 Å². The molecule has 5 aromatic rings. The molecule has 0 aliphatic carbocycles. The summed E-state index contributed by atoms with van der Waals surface area (Å²) in [6.07, 6.45) is 3.12. The molecule has 1 aliphatic heterocycles. The lowest BCUT2D eigenvalue weighted by Crippen LogP contribution is -2.54. The van der Waals surface area contributed by atoms with Gasteiger partial charge in [-0.1, -0.05) is 54.6 Å². The molecule has 1 aliphatic rings. The lowest BCUT2D eigenvalue weighted by Gasteiger charge is -2.34. The van der Waals surface area contributed by atoms with Crippen LogP contribution in [-0.2, 0) is 29.6 Å². The molecule has 0 radical (unpaired) electrons. The number of benzene rings is 3. The summed E-state index contributed by atoms with van der Waals surface area (Å²) in [4.78, 5) is 50.4. The summed E-state index contributed by atoms with van der Waals surface area (Å²) in [6, 6.07) is 21.1. The Labute approximate surface area is 267 Å². The van der Waals surface area contributed by atoms with E-state index in [1.54, 1.807) is 32.3 Å². The Balaban J connectivity index is 1.31. The van der Waals surface area contributed by atoms with Crippen LogP contribution < -0.4 is 4.74 Å². The number of para-hydroxylation sites is 3. The molecule has 3 amide bonds. The Kier molecular flexibility index (Phi) is 8.55. The number of aliphatic hydroxyl groups is 1. The third-order valence-electron chi connectivity index (χ3n) is 9.12. The number of ether oxygens (including phenoxy) is 1. The molecule has 6 rings (SSSR count). The number of aromatic amines is 1. The minimum absolute atomic E-state index is 0.0288. The van der Waals surface area contributed by atoms with Crippen molar-refractivity contribution in [2.24, 2.45) is 7.05 Å². The summed E-state index contributed by atoms with van der Waals surface area (Å²) in [5.74, 6) is -0.304. The number of carbonyl (C=O) groups is 3. The van der Waals surface area contributed by atoms with Crippen LogP contribution in [0.25, 0.3) is 21.8 Å². The second-order valence-electron chi connectivity index (χ2n) is 12.1. The number of rotatable bonds is 9. The predicted molar refractivity (Wildman–Crippen MR) is 176 cm³/mol. The number of H-pyrrole nitrogens is 1. The highest BCUT2D eigenvalue weighted by molar-refractivity contribution is 6.08. The summed E-state index contributed by atoms with van der Waals surface area (Å²) in [5, 5.41) is 12.5. The van der Waals surface area contributed by atoms with Crippen molar-refractivity contribution in [3.05, 3.63) is 102 Å².